The molecule has 240 valence electrons. The minimum Gasteiger partial charge on any atom is -0.361 e. The van der Waals surface area contributed by atoms with Gasteiger partial charge in [0.2, 0.25) is 11.8 Å². The van der Waals surface area contributed by atoms with Gasteiger partial charge in [-0.25, -0.2) is 20.4 Å². The van der Waals surface area contributed by atoms with Crippen molar-refractivity contribution in [1.29, 1.82) is 0 Å². The molecule has 1 aromatic carbocycles. The van der Waals surface area contributed by atoms with Crippen LogP contribution in [0.3, 0.4) is 0 Å². The first-order chi connectivity index (χ1) is 22.4. The quantitative estimate of drug-likeness (QED) is 0.227. The van der Waals surface area contributed by atoms with E-state index in [0.717, 1.165) is 95.6 Å². The minimum absolute atomic E-state index is 0.353. The standard InChI is InChI=1S/C39H48N6O/c1-7-10-21-36-35(24-30(9-3)23-22-27(4)33-19-14-15-20-34(33)37-42-29(6)46-44-37)28(5)45(38(43-36)32-17-12-11-13-18-32)39-40-25-31(16-8-2)26-41-39/h9,14-15,19-20,22-23,25-26,32H,3,5-8,10-13,16-18,21,24H2,1-2,4H3,(H,42,44)/b27-22+,30-23+. The number of unbranched alkanes of at least 4 members (excludes halogenated alkanes) is 1. The van der Waals surface area contributed by atoms with Crippen LogP contribution in [0.15, 0.2) is 113 Å². The predicted octanol–water partition coefficient (Wildman–Crippen LogP) is 9.54. The fourth-order valence-corrected chi connectivity index (χ4v) is 6.34. The Morgan fingerprint density at radius 1 is 1.00 bits per heavy atom. The zero-order valence-corrected chi connectivity index (χ0v) is 27.8. The van der Waals surface area contributed by atoms with Gasteiger partial charge >= 0.3 is 0 Å². The summed E-state index contributed by atoms with van der Waals surface area (Å²) < 4.78 is 0. The predicted molar refractivity (Wildman–Crippen MR) is 191 cm³/mol. The van der Waals surface area contributed by atoms with Crippen molar-refractivity contribution in [2.75, 3.05) is 4.90 Å². The number of aryl methyl sites for hydroxylation is 1. The molecule has 0 unspecified atom stereocenters. The topological polar surface area (TPSA) is 75.0 Å². The molecule has 7 nitrogen and oxygen atoms in total. The molecule has 0 atom stereocenters. The average molecular weight is 617 g/mol. The molecule has 2 aliphatic heterocycles. The number of hydrogen-bond acceptors (Lipinski definition) is 7. The lowest BCUT2D eigenvalue weighted by molar-refractivity contribution is 0.179. The largest absolute Gasteiger partial charge is 0.361 e. The van der Waals surface area contributed by atoms with E-state index < -0.39 is 0 Å². The zero-order valence-electron chi connectivity index (χ0n) is 27.8. The highest BCUT2D eigenvalue weighted by molar-refractivity contribution is 6.04. The molecule has 1 saturated carbocycles. The summed E-state index contributed by atoms with van der Waals surface area (Å²) in [4.78, 5) is 27.0. The Hall–Kier alpha value is -4.52. The molecule has 0 bridgehead atoms. The number of aromatic nitrogens is 2. The van der Waals surface area contributed by atoms with Crippen LogP contribution in [-0.4, -0.2) is 21.6 Å². The normalized spacial score (nSPS) is 17.9. The molecule has 0 saturated heterocycles. The SMILES string of the molecule is C=C/C(=C\C=C(/C)c1ccccc1C1=NC(=C)ON1)CC1=C(CCCC)N=C(C2CCCCC2)N(c2ncc(CCC)cn2)C1=C. The summed E-state index contributed by atoms with van der Waals surface area (Å²) in [6.45, 7) is 19.2. The van der Waals surface area contributed by atoms with E-state index in [0.29, 0.717) is 30.0 Å². The summed E-state index contributed by atoms with van der Waals surface area (Å²) in [5, 5.41) is 0. The zero-order chi connectivity index (χ0) is 32.5. The maximum absolute atomic E-state index is 5.45. The van der Waals surface area contributed by atoms with E-state index in [1.54, 1.807) is 0 Å². The van der Waals surface area contributed by atoms with E-state index in [4.69, 9.17) is 26.4 Å². The van der Waals surface area contributed by atoms with Crippen LogP contribution in [0.1, 0.15) is 102 Å². The Balaban J connectivity index is 1.51. The number of allylic oxidation sites excluding steroid dienone is 7. The number of nitrogens with one attached hydrogen (secondary N) is 1. The minimum atomic E-state index is 0.353. The van der Waals surface area contributed by atoms with Gasteiger partial charge in [-0.05, 0) is 67.9 Å². The number of rotatable bonds is 13. The summed E-state index contributed by atoms with van der Waals surface area (Å²) in [7, 11) is 0. The van der Waals surface area contributed by atoms with Crippen LogP contribution < -0.4 is 10.4 Å². The smallest absolute Gasteiger partial charge is 0.240 e. The highest BCUT2D eigenvalue weighted by Gasteiger charge is 2.34. The first-order valence-electron chi connectivity index (χ1n) is 16.8. The van der Waals surface area contributed by atoms with Gasteiger partial charge in [0.15, 0.2) is 5.84 Å². The average Bonchev–Trinajstić information content (AvgIpc) is 3.53. The Morgan fingerprint density at radius 3 is 2.43 bits per heavy atom. The molecular weight excluding hydrogens is 568 g/mol. The second-order valence-corrected chi connectivity index (χ2v) is 12.3. The van der Waals surface area contributed by atoms with Crippen molar-refractivity contribution in [3.63, 3.8) is 0 Å². The molecular formula is C39H48N6O. The number of amidine groups is 2. The molecule has 1 aliphatic carbocycles. The molecule has 7 heteroatoms. The van der Waals surface area contributed by atoms with Crippen LogP contribution in [0.5, 0.6) is 0 Å². The number of aliphatic imine (C=N–C) groups is 2. The fraction of sp³-hybridized carbons (Fsp3) is 0.385. The second-order valence-electron chi connectivity index (χ2n) is 12.3. The first kappa shape index (κ1) is 32.9. The third-order valence-corrected chi connectivity index (χ3v) is 8.91. The summed E-state index contributed by atoms with van der Waals surface area (Å²) in [6.07, 6.45) is 22.0. The van der Waals surface area contributed by atoms with Gasteiger partial charge in [-0.15, -0.1) is 0 Å². The first-order valence-corrected chi connectivity index (χ1v) is 16.8. The Labute approximate surface area is 275 Å². The van der Waals surface area contributed by atoms with E-state index in [9.17, 15) is 0 Å². The van der Waals surface area contributed by atoms with Crippen molar-refractivity contribution in [1.82, 2.24) is 15.4 Å². The molecule has 0 spiro atoms. The summed E-state index contributed by atoms with van der Waals surface area (Å²) >= 11 is 0. The number of anilines is 1. The number of nitrogens with zero attached hydrogens (tertiary/aromatic N) is 5. The van der Waals surface area contributed by atoms with Gasteiger partial charge in [0.25, 0.3) is 0 Å². The van der Waals surface area contributed by atoms with Crippen molar-refractivity contribution < 1.29 is 4.84 Å². The number of benzene rings is 1. The molecule has 0 amide bonds. The summed E-state index contributed by atoms with van der Waals surface area (Å²) in [6, 6.07) is 8.15. The second kappa shape index (κ2) is 15.7. The van der Waals surface area contributed by atoms with Crippen molar-refractivity contribution in [2.24, 2.45) is 15.9 Å². The molecule has 0 radical (unpaired) electrons. The summed E-state index contributed by atoms with van der Waals surface area (Å²) in [5.74, 6) is 3.11. The van der Waals surface area contributed by atoms with E-state index >= 15 is 0 Å². The van der Waals surface area contributed by atoms with E-state index in [1.807, 2.05) is 36.7 Å². The van der Waals surface area contributed by atoms with Gasteiger partial charge in [-0.2, -0.15) is 4.99 Å². The van der Waals surface area contributed by atoms with Crippen LogP contribution in [0.25, 0.3) is 5.57 Å². The molecule has 46 heavy (non-hydrogen) atoms. The fourth-order valence-electron chi connectivity index (χ4n) is 6.34. The van der Waals surface area contributed by atoms with Gasteiger partial charge in [0.05, 0.1) is 0 Å². The lowest BCUT2D eigenvalue weighted by Gasteiger charge is -2.37. The maximum Gasteiger partial charge on any atom is 0.240 e. The molecule has 5 rings (SSSR count). The van der Waals surface area contributed by atoms with Gasteiger partial charge in [-0.1, -0.05) is 102 Å². The molecule has 3 heterocycles. The van der Waals surface area contributed by atoms with Crippen molar-refractivity contribution in [3.8, 4) is 0 Å². The van der Waals surface area contributed by atoms with E-state index in [-0.39, 0.29) is 0 Å². The number of hydroxylamine groups is 1. The highest BCUT2D eigenvalue weighted by Crippen LogP contribution is 2.38. The van der Waals surface area contributed by atoms with Gasteiger partial charge < -0.3 is 4.84 Å². The molecule has 1 N–H and O–H groups in total. The van der Waals surface area contributed by atoms with E-state index in [1.165, 1.54) is 19.3 Å². The highest BCUT2D eigenvalue weighted by atomic mass is 16.7. The third kappa shape index (κ3) is 7.64. The summed E-state index contributed by atoms with van der Waals surface area (Å²) in [5.41, 5.74) is 11.4. The van der Waals surface area contributed by atoms with Gasteiger partial charge in [0.1, 0.15) is 5.84 Å². The van der Waals surface area contributed by atoms with Crippen molar-refractivity contribution >= 4 is 23.2 Å². The van der Waals surface area contributed by atoms with Crippen molar-refractivity contribution in [2.45, 2.75) is 91.4 Å². The molecule has 3 aliphatic rings. The lowest BCUT2D eigenvalue weighted by Crippen LogP contribution is -2.40. The monoisotopic (exact) mass is 616 g/mol. The molecule has 1 fully saturated rings. The maximum atomic E-state index is 5.45. The van der Waals surface area contributed by atoms with Crippen molar-refractivity contribution in [3.05, 3.63) is 120 Å². The van der Waals surface area contributed by atoms with Gasteiger partial charge in [-0.3, -0.25) is 4.90 Å². The van der Waals surface area contributed by atoms with Crippen LogP contribution >= 0.6 is 0 Å². The lowest BCUT2D eigenvalue weighted by atomic mass is 9.86. The number of hydrogen-bond donors (Lipinski definition) is 1. The Morgan fingerprint density at radius 2 is 1.76 bits per heavy atom. The van der Waals surface area contributed by atoms with Crippen LogP contribution in [0, 0.1) is 5.92 Å². The van der Waals surface area contributed by atoms with Crippen LogP contribution in [0.4, 0.5) is 5.95 Å². The third-order valence-electron chi connectivity index (χ3n) is 8.91. The molecule has 1 aromatic heterocycles. The van der Waals surface area contributed by atoms with E-state index in [2.05, 4.69) is 67.5 Å². The molecule has 2 aromatic rings. The van der Waals surface area contributed by atoms with Gasteiger partial charge in [0, 0.05) is 47.3 Å². The Bertz CT molecular complexity index is 1600. The van der Waals surface area contributed by atoms with Crippen LogP contribution in [-0.2, 0) is 11.3 Å². The van der Waals surface area contributed by atoms with Crippen LogP contribution in [0.2, 0.25) is 0 Å². The Kier molecular flexibility index (Phi) is 11.2.